The van der Waals surface area contributed by atoms with E-state index in [9.17, 15) is 4.79 Å². The van der Waals surface area contributed by atoms with E-state index < -0.39 is 0 Å². The number of hydrogen-bond donors (Lipinski definition) is 0. The Morgan fingerprint density at radius 1 is 1.26 bits per heavy atom. The van der Waals surface area contributed by atoms with Crippen molar-refractivity contribution >= 4 is 5.91 Å². The van der Waals surface area contributed by atoms with Crippen molar-refractivity contribution in [3.63, 3.8) is 0 Å². The van der Waals surface area contributed by atoms with E-state index >= 15 is 0 Å². The van der Waals surface area contributed by atoms with Gasteiger partial charge in [0.25, 0.3) is 0 Å². The van der Waals surface area contributed by atoms with Gasteiger partial charge in [0.05, 0.1) is 30.6 Å². The molecule has 23 heavy (non-hydrogen) atoms. The molecule has 1 amide bonds. The fraction of sp³-hybridized carbons (Fsp3) is 0.471. The number of carbonyl (C=O) groups excluding carboxylic acids is 1. The first-order valence-corrected chi connectivity index (χ1v) is 8.06. The molecule has 120 valence electrons. The molecule has 3 heterocycles. The molecule has 0 saturated carbocycles. The van der Waals surface area contributed by atoms with Gasteiger partial charge in [0.1, 0.15) is 0 Å². The highest BCUT2D eigenvalue weighted by atomic mass is 16.5. The summed E-state index contributed by atoms with van der Waals surface area (Å²) in [5.41, 5.74) is 1.81. The molecule has 1 atom stereocenters. The van der Waals surface area contributed by atoms with E-state index in [0.717, 1.165) is 44.8 Å². The van der Waals surface area contributed by atoms with E-state index in [-0.39, 0.29) is 11.3 Å². The fourth-order valence-electron chi connectivity index (χ4n) is 3.45. The van der Waals surface area contributed by atoms with Gasteiger partial charge < -0.3 is 9.64 Å². The monoisotopic (exact) mass is 312 g/mol. The Bertz CT molecular complexity index is 692. The molecule has 2 saturated heterocycles. The van der Waals surface area contributed by atoms with E-state index in [1.54, 1.807) is 11.0 Å². The summed E-state index contributed by atoms with van der Waals surface area (Å²) in [6, 6.07) is 9.72. The molecule has 4 rings (SSSR count). The van der Waals surface area contributed by atoms with E-state index in [0.29, 0.717) is 12.1 Å². The van der Waals surface area contributed by atoms with Crippen molar-refractivity contribution in [1.29, 1.82) is 0 Å². The first kappa shape index (κ1) is 14.4. The van der Waals surface area contributed by atoms with Crippen molar-refractivity contribution in [2.75, 3.05) is 26.3 Å². The van der Waals surface area contributed by atoms with Crippen molar-refractivity contribution in [1.82, 2.24) is 19.9 Å². The molecule has 2 aliphatic rings. The first-order valence-electron chi connectivity index (χ1n) is 8.06. The third-order valence-corrected chi connectivity index (χ3v) is 4.83. The van der Waals surface area contributed by atoms with Gasteiger partial charge in [0, 0.05) is 25.1 Å². The maximum absolute atomic E-state index is 12.5. The van der Waals surface area contributed by atoms with Crippen molar-refractivity contribution in [3.8, 4) is 5.69 Å². The highest BCUT2D eigenvalue weighted by molar-refractivity contribution is 5.78. The van der Waals surface area contributed by atoms with Gasteiger partial charge in [-0.2, -0.15) is 15.0 Å². The Balaban J connectivity index is 1.41. The lowest BCUT2D eigenvalue weighted by atomic mass is 9.87. The summed E-state index contributed by atoms with van der Waals surface area (Å²) >= 11 is 0. The Kier molecular flexibility index (Phi) is 3.61. The molecule has 2 fully saturated rings. The van der Waals surface area contributed by atoms with Crippen LogP contribution in [0.15, 0.2) is 36.5 Å². The molecular formula is C17H20N4O2. The molecule has 0 aliphatic carbocycles. The lowest BCUT2D eigenvalue weighted by Gasteiger charge is -2.21. The summed E-state index contributed by atoms with van der Waals surface area (Å²) in [6.45, 7) is 3.27. The number of benzene rings is 1. The number of para-hydroxylation sites is 1. The van der Waals surface area contributed by atoms with Crippen LogP contribution in [0.3, 0.4) is 0 Å². The van der Waals surface area contributed by atoms with Gasteiger partial charge in [-0.1, -0.05) is 18.2 Å². The summed E-state index contributed by atoms with van der Waals surface area (Å²) < 4.78 is 5.52. The molecule has 1 unspecified atom stereocenters. The molecule has 1 aromatic heterocycles. The van der Waals surface area contributed by atoms with E-state index in [2.05, 4.69) is 10.2 Å². The van der Waals surface area contributed by atoms with E-state index in [1.807, 2.05) is 35.2 Å². The molecule has 2 aliphatic heterocycles. The van der Waals surface area contributed by atoms with Gasteiger partial charge in [0.2, 0.25) is 5.91 Å². The Morgan fingerprint density at radius 2 is 2.13 bits per heavy atom. The van der Waals surface area contributed by atoms with Crippen LogP contribution in [0.2, 0.25) is 0 Å². The molecule has 2 aromatic rings. The largest absolute Gasteiger partial charge is 0.381 e. The average Bonchev–Trinajstić information content (AvgIpc) is 3.31. The SMILES string of the molecule is O=C(Cc1cnn(-c2ccccc2)n1)N1CCC2(CCOC2)C1. The van der Waals surface area contributed by atoms with Crippen molar-refractivity contribution in [2.45, 2.75) is 19.3 Å². The highest BCUT2D eigenvalue weighted by Gasteiger charge is 2.42. The molecular weight excluding hydrogens is 292 g/mol. The van der Waals surface area contributed by atoms with Crippen LogP contribution in [-0.4, -0.2) is 52.1 Å². The number of carbonyl (C=O) groups is 1. The fourth-order valence-corrected chi connectivity index (χ4v) is 3.45. The second kappa shape index (κ2) is 5.77. The predicted octanol–water partition coefficient (Wildman–Crippen LogP) is 1.45. The number of hydrogen-bond acceptors (Lipinski definition) is 4. The maximum atomic E-state index is 12.5. The molecule has 0 N–H and O–H groups in total. The molecule has 0 radical (unpaired) electrons. The summed E-state index contributed by atoms with van der Waals surface area (Å²) in [5, 5.41) is 8.67. The number of rotatable bonds is 3. The number of nitrogens with zero attached hydrogens (tertiary/aromatic N) is 4. The minimum absolute atomic E-state index is 0.133. The Morgan fingerprint density at radius 3 is 2.91 bits per heavy atom. The number of likely N-dealkylation sites (tertiary alicyclic amines) is 1. The summed E-state index contributed by atoms with van der Waals surface area (Å²) in [5.74, 6) is 0.133. The average molecular weight is 312 g/mol. The van der Waals surface area contributed by atoms with Crippen molar-refractivity contribution < 1.29 is 9.53 Å². The van der Waals surface area contributed by atoms with E-state index in [1.165, 1.54) is 0 Å². The minimum Gasteiger partial charge on any atom is -0.381 e. The van der Waals surface area contributed by atoms with Crippen LogP contribution < -0.4 is 0 Å². The van der Waals surface area contributed by atoms with Crippen LogP contribution in [-0.2, 0) is 16.0 Å². The molecule has 1 spiro atoms. The van der Waals surface area contributed by atoms with Crippen LogP contribution in [0.4, 0.5) is 0 Å². The van der Waals surface area contributed by atoms with Gasteiger partial charge in [-0.3, -0.25) is 4.79 Å². The van der Waals surface area contributed by atoms with E-state index in [4.69, 9.17) is 4.74 Å². The lowest BCUT2D eigenvalue weighted by molar-refractivity contribution is -0.129. The number of amides is 1. The van der Waals surface area contributed by atoms with Crippen LogP contribution >= 0.6 is 0 Å². The standard InChI is InChI=1S/C17H20N4O2/c22-16(20-8-6-17(12-20)7-9-23-13-17)10-14-11-18-21(19-14)15-4-2-1-3-5-15/h1-5,11H,6-10,12-13H2. The van der Waals surface area contributed by atoms with Crippen molar-refractivity contribution in [2.24, 2.45) is 5.41 Å². The minimum atomic E-state index is 0.133. The molecule has 1 aromatic carbocycles. The zero-order chi connectivity index (χ0) is 15.7. The second-order valence-electron chi connectivity index (χ2n) is 6.51. The number of aromatic nitrogens is 3. The third-order valence-electron chi connectivity index (χ3n) is 4.83. The summed E-state index contributed by atoms with van der Waals surface area (Å²) in [6.07, 6.45) is 4.11. The van der Waals surface area contributed by atoms with Crippen LogP contribution in [0.25, 0.3) is 5.69 Å². The Hall–Kier alpha value is -2.21. The van der Waals surface area contributed by atoms with Gasteiger partial charge >= 0.3 is 0 Å². The second-order valence-corrected chi connectivity index (χ2v) is 6.51. The van der Waals surface area contributed by atoms with Gasteiger partial charge in [-0.05, 0) is 25.0 Å². The first-order chi connectivity index (χ1) is 11.2. The topological polar surface area (TPSA) is 60.2 Å². The van der Waals surface area contributed by atoms with Crippen LogP contribution in [0.5, 0.6) is 0 Å². The third kappa shape index (κ3) is 2.86. The lowest BCUT2D eigenvalue weighted by Crippen LogP contribution is -2.33. The maximum Gasteiger partial charge on any atom is 0.228 e. The van der Waals surface area contributed by atoms with Gasteiger partial charge in [-0.25, -0.2) is 0 Å². The predicted molar refractivity (Wildman–Crippen MR) is 84.1 cm³/mol. The zero-order valence-corrected chi connectivity index (χ0v) is 13.0. The zero-order valence-electron chi connectivity index (χ0n) is 13.0. The molecule has 6 nitrogen and oxygen atoms in total. The van der Waals surface area contributed by atoms with Crippen LogP contribution in [0, 0.1) is 5.41 Å². The quantitative estimate of drug-likeness (QED) is 0.860. The molecule has 6 heteroatoms. The highest BCUT2D eigenvalue weighted by Crippen LogP contribution is 2.38. The summed E-state index contributed by atoms with van der Waals surface area (Å²) in [7, 11) is 0. The molecule has 0 bridgehead atoms. The van der Waals surface area contributed by atoms with Crippen molar-refractivity contribution in [3.05, 3.63) is 42.2 Å². The summed E-state index contributed by atoms with van der Waals surface area (Å²) in [4.78, 5) is 16.0. The normalized spacial score (nSPS) is 23.7. The smallest absolute Gasteiger partial charge is 0.228 e. The van der Waals surface area contributed by atoms with Gasteiger partial charge in [0.15, 0.2) is 0 Å². The Labute approximate surface area is 135 Å². The van der Waals surface area contributed by atoms with Crippen LogP contribution in [0.1, 0.15) is 18.5 Å². The van der Waals surface area contributed by atoms with Gasteiger partial charge in [-0.15, -0.1) is 0 Å². The number of ether oxygens (including phenoxy) is 1.